The van der Waals surface area contributed by atoms with Gasteiger partial charge in [0.1, 0.15) is 5.54 Å². The fourth-order valence-electron chi connectivity index (χ4n) is 3.01. The van der Waals surface area contributed by atoms with Crippen LogP contribution >= 0.6 is 0 Å². The third-order valence-electron chi connectivity index (χ3n) is 5.38. The minimum absolute atomic E-state index is 0.0196. The van der Waals surface area contributed by atoms with Crippen molar-refractivity contribution in [2.45, 2.75) is 66.3 Å². The summed E-state index contributed by atoms with van der Waals surface area (Å²) in [7, 11) is 1.20. The first-order valence-electron chi connectivity index (χ1n) is 12.7. The molecule has 2 atom stereocenters. The van der Waals surface area contributed by atoms with Crippen LogP contribution in [0.15, 0.2) is 18.2 Å². The largest absolute Gasteiger partial charge is 0.513 e. The molecule has 0 spiro atoms. The first-order chi connectivity index (χ1) is 17.8. The Balaban J connectivity index is 3.16. The molecule has 2 N–H and O–H groups in total. The molecule has 0 saturated heterocycles. The second kappa shape index (κ2) is 15.8. The minimum Gasteiger partial charge on any atom is -0.468 e. The maximum atomic E-state index is 12.6. The summed E-state index contributed by atoms with van der Waals surface area (Å²) < 4.78 is 30.8. The molecular formula is C27H41NO10. The average Bonchev–Trinajstić information content (AvgIpc) is 2.86. The monoisotopic (exact) mass is 539 g/mol. The van der Waals surface area contributed by atoms with Gasteiger partial charge < -0.3 is 34.2 Å². The van der Waals surface area contributed by atoms with Gasteiger partial charge in [-0.1, -0.05) is 47.6 Å². The molecule has 38 heavy (non-hydrogen) atoms. The smallest absolute Gasteiger partial charge is 0.468 e. The summed E-state index contributed by atoms with van der Waals surface area (Å²) >= 11 is 0. The van der Waals surface area contributed by atoms with Crippen molar-refractivity contribution < 1.29 is 47.6 Å². The van der Waals surface area contributed by atoms with Crippen molar-refractivity contribution in [2.24, 2.45) is 23.5 Å². The summed E-state index contributed by atoms with van der Waals surface area (Å²) in [5, 5.41) is 0. The van der Waals surface area contributed by atoms with Gasteiger partial charge in [0.25, 0.3) is 0 Å². The van der Waals surface area contributed by atoms with Crippen LogP contribution in [0, 0.1) is 17.8 Å². The van der Waals surface area contributed by atoms with Gasteiger partial charge in [-0.2, -0.15) is 0 Å². The molecule has 1 unspecified atom stereocenters. The third-order valence-corrected chi connectivity index (χ3v) is 5.38. The summed E-state index contributed by atoms with van der Waals surface area (Å²) in [5.41, 5.74) is 5.30. The summed E-state index contributed by atoms with van der Waals surface area (Å²) in [6.07, 6.45) is -1.44. The number of nitrogens with two attached hydrogens (primary N) is 1. The van der Waals surface area contributed by atoms with Gasteiger partial charge in [-0.3, -0.25) is 9.59 Å². The van der Waals surface area contributed by atoms with E-state index < -0.39 is 23.8 Å². The first kappa shape index (κ1) is 32.7. The molecular weight excluding hydrogens is 498 g/mol. The fraction of sp³-hybridized carbons (Fsp3) is 0.630. The van der Waals surface area contributed by atoms with Crippen LogP contribution in [0.5, 0.6) is 11.5 Å². The van der Waals surface area contributed by atoms with Crippen LogP contribution in [-0.4, -0.2) is 56.7 Å². The molecule has 0 aliphatic rings. The number of carbonyl (C=O) groups is 4. The maximum Gasteiger partial charge on any atom is 0.513 e. The summed E-state index contributed by atoms with van der Waals surface area (Å²) in [6, 6.07) is 4.34. The SMILES string of the molecule is CCC(C)C(=O)OCC[C@@](N)(Cc1ccc(OC(=O)OCC(C)C)c(OC(=O)OCC(C)C)c1)C(=O)OC. The Bertz CT molecular complexity index is 946. The molecule has 11 nitrogen and oxygen atoms in total. The molecule has 0 heterocycles. The molecule has 1 aromatic carbocycles. The van der Waals surface area contributed by atoms with Crippen molar-refractivity contribution in [3.63, 3.8) is 0 Å². The quantitative estimate of drug-likeness (QED) is 0.203. The summed E-state index contributed by atoms with van der Waals surface area (Å²) in [5.74, 6) is -1.44. The highest BCUT2D eigenvalue weighted by Crippen LogP contribution is 2.31. The number of hydrogen-bond donors (Lipinski definition) is 1. The predicted octanol–water partition coefficient (Wildman–Crippen LogP) is 4.42. The molecule has 214 valence electrons. The van der Waals surface area contributed by atoms with E-state index in [1.54, 1.807) is 13.0 Å². The Morgan fingerprint density at radius 3 is 1.92 bits per heavy atom. The van der Waals surface area contributed by atoms with Gasteiger partial charge in [-0.15, -0.1) is 0 Å². The number of hydrogen-bond acceptors (Lipinski definition) is 11. The van der Waals surface area contributed by atoms with Gasteiger partial charge in [0.15, 0.2) is 11.5 Å². The Labute approximate surface area is 224 Å². The molecule has 11 heteroatoms. The van der Waals surface area contributed by atoms with Gasteiger partial charge in [-0.05, 0) is 36.0 Å². The molecule has 1 rings (SSSR count). The summed E-state index contributed by atoms with van der Waals surface area (Å²) in [4.78, 5) is 49.0. The van der Waals surface area contributed by atoms with Gasteiger partial charge in [-0.25, -0.2) is 9.59 Å². The molecule has 0 aromatic heterocycles. The molecule has 0 bridgehead atoms. The summed E-state index contributed by atoms with van der Waals surface area (Å²) in [6.45, 7) is 11.2. The van der Waals surface area contributed by atoms with Crippen molar-refractivity contribution >= 4 is 24.2 Å². The van der Waals surface area contributed by atoms with Crippen LogP contribution in [0.25, 0.3) is 0 Å². The minimum atomic E-state index is -1.56. The molecule has 0 saturated carbocycles. The molecule has 0 amide bonds. The van der Waals surface area contributed by atoms with Crippen molar-refractivity contribution in [1.82, 2.24) is 0 Å². The van der Waals surface area contributed by atoms with Crippen molar-refractivity contribution in [2.75, 3.05) is 26.9 Å². The Morgan fingerprint density at radius 2 is 1.42 bits per heavy atom. The number of rotatable bonds is 14. The lowest BCUT2D eigenvalue weighted by Gasteiger charge is -2.27. The zero-order valence-corrected chi connectivity index (χ0v) is 23.4. The van der Waals surface area contributed by atoms with Gasteiger partial charge in [0, 0.05) is 12.8 Å². The van der Waals surface area contributed by atoms with E-state index in [0.29, 0.717) is 12.0 Å². The van der Waals surface area contributed by atoms with Gasteiger partial charge >= 0.3 is 24.2 Å². The maximum absolute atomic E-state index is 12.6. The van der Waals surface area contributed by atoms with Gasteiger partial charge in [0.05, 0.1) is 32.8 Å². The van der Waals surface area contributed by atoms with E-state index in [-0.39, 0.29) is 67.9 Å². The normalized spacial score (nSPS) is 13.3. The van der Waals surface area contributed by atoms with Crippen LogP contribution in [0.1, 0.15) is 59.9 Å². The Kier molecular flexibility index (Phi) is 13.6. The van der Waals surface area contributed by atoms with Crippen LogP contribution in [0.3, 0.4) is 0 Å². The van der Waals surface area contributed by atoms with E-state index in [1.807, 2.05) is 34.6 Å². The van der Waals surface area contributed by atoms with Crippen molar-refractivity contribution in [1.29, 1.82) is 0 Å². The number of esters is 2. The van der Waals surface area contributed by atoms with E-state index in [4.69, 9.17) is 34.2 Å². The molecule has 0 aliphatic carbocycles. The predicted molar refractivity (Wildman–Crippen MR) is 138 cm³/mol. The molecule has 0 radical (unpaired) electrons. The van der Waals surface area contributed by atoms with Crippen LogP contribution in [-0.2, 0) is 35.0 Å². The lowest BCUT2D eigenvalue weighted by Crippen LogP contribution is -2.51. The second-order valence-electron chi connectivity index (χ2n) is 9.95. The van der Waals surface area contributed by atoms with Crippen LogP contribution < -0.4 is 15.2 Å². The zero-order valence-electron chi connectivity index (χ0n) is 23.4. The topological polar surface area (TPSA) is 150 Å². The highest BCUT2D eigenvalue weighted by molar-refractivity contribution is 5.81. The number of methoxy groups -OCH3 is 1. The zero-order chi connectivity index (χ0) is 28.9. The van der Waals surface area contributed by atoms with E-state index in [0.717, 1.165) is 0 Å². The van der Waals surface area contributed by atoms with Crippen molar-refractivity contribution in [3.05, 3.63) is 23.8 Å². The first-order valence-corrected chi connectivity index (χ1v) is 12.7. The number of carbonyl (C=O) groups excluding carboxylic acids is 4. The lowest BCUT2D eigenvalue weighted by atomic mass is 9.88. The van der Waals surface area contributed by atoms with E-state index in [2.05, 4.69) is 0 Å². The van der Waals surface area contributed by atoms with E-state index >= 15 is 0 Å². The number of benzene rings is 1. The second-order valence-corrected chi connectivity index (χ2v) is 9.95. The van der Waals surface area contributed by atoms with Gasteiger partial charge in [0.2, 0.25) is 0 Å². The van der Waals surface area contributed by atoms with E-state index in [1.165, 1.54) is 19.2 Å². The molecule has 0 fully saturated rings. The van der Waals surface area contributed by atoms with Crippen LogP contribution in [0.4, 0.5) is 9.59 Å². The highest BCUT2D eigenvalue weighted by Gasteiger charge is 2.36. The molecule has 0 aliphatic heterocycles. The fourth-order valence-corrected chi connectivity index (χ4v) is 3.01. The standard InChI is InChI=1S/C27H41NO10/c1-8-19(6)23(29)34-12-11-27(28,24(30)33-7)14-20-9-10-21(37-25(31)35-15-17(2)3)22(13-20)38-26(32)36-16-18(4)5/h9-10,13,17-19H,8,11-12,14-16,28H2,1-7H3/t19?,27-/m1/s1. The third kappa shape index (κ3) is 11.4. The highest BCUT2D eigenvalue weighted by atomic mass is 16.7. The lowest BCUT2D eigenvalue weighted by molar-refractivity contribution is -0.153. The Hall–Kier alpha value is -3.34. The van der Waals surface area contributed by atoms with E-state index in [9.17, 15) is 19.2 Å². The Morgan fingerprint density at radius 1 is 0.868 bits per heavy atom. The van der Waals surface area contributed by atoms with Crippen LogP contribution in [0.2, 0.25) is 0 Å². The number of ether oxygens (including phenoxy) is 6. The average molecular weight is 540 g/mol. The van der Waals surface area contributed by atoms with Crippen molar-refractivity contribution in [3.8, 4) is 11.5 Å². The molecule has 1 aromatic rings.